The molecule has 0 bridgehead atoms. The number of hydrogen-bond donors (Lipinski definition) is 0. The molecule has 10 heavy (non-hydrogen) atoms. The topological polar surface area (TPSA) is 0 Å². The van der Waals surface area contributed by atoms with Gasteiger partial charge in [0.05, 0.1) is 0 Å². The van der Waals surface area contributed by atoms with E-state index in [1.165, 1.54) is 44.7 Å². The predicted molar refractivity (Wildman–Crippen MR) is 56.5 cm³/mol. The van der Waals surface area contributed by atoms with Crippen LogP contribution >= 0.6 is 9.24 Å². The molecule has 0 nitrogen and oxygen atoms in total. The summed E-state index contributed by atoms with van der Waals surface area (Å²) in [4.78, 5) is 0. The van der Waals surface area contributed by atoms with Gasteiger partial charge in [-0.05, 0) is 12.6 Å². The Bertz CT molecular complexity index is 42.5. The molecule has 0 heterocycles. The van der Waals surface area contributed by atoms with Gasteiger partial charge in [-0.25, -0.2) is 0 Å². The third-order valence-corrected chi connectivity index (χ3v) is 1.97. The minimum atomic E-state index is 0. The van der Waals surface area contributed by atoms with Crippen molar-refractivity contribution in [2.45, 2.75) is 45.4 Å². The Hall–Kier alpha value is 0.949. The van der Waals surface area contributed by atoms with Gasteiger partial charge in [-0.3, -0.25) is 0 Å². The molecule has 0 aliphatic heterocycles. The van der Waals surface area contributed by atoms with Gasteiger partial charge in [-0.15, -0.1) is 9.24 Å². The summed E-state index contributed by atoms with van der Waals surface area (Å²) >= 11 is 0. The van der Waals surface area contributed by atoms with E-state index in [-0.39, 0.29) is 17.1 Å². The number of rotatable bonds is 6. The van der Waals surface area contributed by atoms with Crippen LogP contribution in [0.5, 0.6) is 0 Å². The van der Waals surface area contributed by atoms with Gasteiger partial charge in [0.2, 0.25) is 0 Å². The second kappa shape index (κ2) is 12.6. The van der Waals surface area contributed by atoms with E-state index in [2.05, 4.69) is 16.2 Å². The van der Waals surface area contributed by atoms with Gasteiger partial charge in [0, 0.05) is 0 Å². The fourth-order valence-corrected chi connectivity index (χ4v) is 1.21. The molecule has 2 heteroatoms. The van der Waals surface area contributed by atoms with E-state index in [0.717, 1.165) is 0 Å². The van der Waals surface area contributed by atoms with Crippen LogP contribution < -0.4 is 0 Å². The molecule has 0 aromatic rings. The maximum absolute atomic E-state index is 2.78. The molecule has 0 aliphatic carbocycles. The van der Waals surface area contributed by atoms with E-state index in [0.29, 0.717) is 0 Å². The van der Waals surface area contributed by atoms with Crippen molar-refractivity contribution in [3.05, 3.63) is 0 Å². The summed E-state index contributed by atoms with van der Waals surface area (Å²) in [5.74, 6) is 0. The van der Waals surface area contributed by atoms with Gasteiger partial charge in [0.15, 0.2) is 0 Å². The Morgan fingerprint density at radius 1 is 0.900 bits per heavy atom. The molecule has 0 N–H and O–H groups in total. The number of hydrogen-bond acceptors (Lipinski definition) is 0. The van der Waals surface area contributed by atoms with Crippen molar-refractivity contribution in [2.75, 3.05) is 6.16 Å². The predicted octanol–water partition coefficient (Wildman–Crippen LogP) is 2.31. The summed E-state index contributed by atoms with van der Waals surface area (Å²) in [6, 6.07) is 0. The molecule has 0 spiro atoms. The second-order valence-electron chi connectivity index (χ2n) is 2.56. The quantitative estimate of drug-likeness (QED) is 0.371. The first-order chi connectivity index (χ1) is 4.41. The van der Waals surface area contributed by atoms with E-state index >= 15 is 0 Å². The minimum absolute atomic E-state index is 0. The zero-order valence-electron chi connectivity index (χ0n) is 7.03. The monoisotopic (exact) mass is 228 g/mol. The normalized spacial score (nSPS) is 9.00. The van der Waals surface area contributed by atoms with Crippen molar-refractivity contribution in [1.82, 2.24) is 0 Å². The van der Waals surface area contributed by atoms with Crippen LogP contribution in [0.2, 0.25) is 0 Å². The second-order valence-corrected chi connectivity index (χ2v) is 3.13. The van der Waals surface area contributed by atoms with Crippen LogP contribution in [0.15, 0.2) is 0 Å². The summed E-state index contributed by atoms with van der Waals surface area (Å²) in [6.07, 6.45) is 9.80. The van der Waals surface area contributed by atoms with Crippen LogP contribution in [0.4, 0.5) is 0 Å². The third kappa shape index (κ3) is 11.7. The third-order valence-electron chi connectivity index (χ3n) is 1.56. The van der Waals surface area contributed by atoms with Crippen LogP contribution in [0.25, 0.3) is 0 Å². The molecule has 0 fully saturated rings. The van der Waals surface area contributed by atoms with Gasteiger partial charge in [0.25, 0.3) is 0 Å². The molecular formula is C8H21PSe. The van der Waals surface area contributed by atoms with Gasteiger partial charge in [-0.1, -0.05) is 39.0 Å². The average molecular weight is 227 g/mol. The number of unbranched alkanes of at least 4 members (excludes halogenated alkanes) is 5. The van der Waals surface area contributed by atoms with Crippen LogP contribution in [-0.2, 0) is 0 Å². The van der Waals surface area contributed by atoms with Crippen LogP contribution in [0.3, 0.4) is 0 Å². The fourth-order valence-electron chi connectivity index (χ4n) is 0.925. The van der Waals surface area contributed by atoms with Gasteiger partial charge >= 0.3 is 17.1 Å². The Labute approximate surface area is 78.2 Å². The molecule has 0 saturated heterocycles. The van der Waals surface area contributed by atoms with Crippen molar-refractivity contribution in [3.8, 4) is 0 Å². The first kappa shape index (κ1) is 13.5. The van der Waals surface area contributed by atoms with Crippen molar-refractivity contribution in [1.29, 1.82) is 0 Å². The Morgan fingerprint density at radius 3 is 1.90 bits per heavy atom. The van der Waals surface area contributed by atoms with E-state index in [1.54, 1.807) is 0 Å². The van der Waals surface area contributed by atoms with Crippen LogP contribution in [0, 0.1) is 0 Å². The molecule has 1 atom stereocenters. The average Bonchev–Trinajstić information content (AvgIpc) is 1.89. The van der Waals surface area contributed by atoms with Gasteiger partial charge in [0.1, 0.15) is 0 Å². The summed E-state index contributed by atoms with van der Waals surface area (Å²) in [7, 11) is 2.78. The first-order valence-electron chi connectivity index (χ1n) is 4.12. The zero-order valence-corrected chi connectivity index (χ0v) is 10.3. The molecule has 0 aromatic heterocycles. The molecule has 0 aromatic carbocycles. The standard InChI is InChI=1S/C8H19P.H2Se/c1-2-3-4-5-6-7-8-9;/h2-9H2,1H3;1H2. The first-order valence-corrected chi connectivity index (χ1v) is 4.93. The zero-order chi connectivity index (χ0) is 6.95. The van der Waals surface area contributed by atoms with E-state index in [4.69, 9.17) is 0 Å². The molecule has 0 saturated carbocycles. The van der Waals surface area contributed by atoms with Gasteiger partial charge < -0.3 is 0 Å². The fraction of sp³-hybridized carbons (Fsp3) is 1.00. The van der Waals surface area contributed by atoms with Crippen molar-refractivity contribution in [3.63, 3.8) is 0 Å². The maximum atomic E-state index is 2.78. The Kier molecular flexibility index (Phi) is 17.1. The molecule has 1 unspecified atom stereocenters. The van der Waals surface area contributed by atoms with Crippen LogP contribution in [0.1, 0.15) is 45.4 Å². The Morgan fingerprint density at radius 2 is 1.40 bits per heavy atom. The van der Waals surface area contributed by atoms with Crippen molar-refractivity contribution < 1.29 is 0 Å². The van der Waals surface area contributed by atoms with Crippen molar-refractivity contribution in [2.24, 2.45) is 0 Å². The summed E-state index contributed by atoms with van der Waals surface area (Å²) < 4.78 is 0. The molecule has 0 amide bonds. The van der Waals surface area contributed by atoms with Crippen LogP contribution in [-0.4, -0.2) is 23.2 Å². The summed E-state index contributed by atoms with van der Waals surface area (Å²) in [6.45, 7) is 2.26. The molecule has 0 aliphatic rings. The van der Waals surface area contributed by atoms with E-state index < -0.39 is 0 Å². The summed E-state index contributed by atoms with van der Waals surface area (Å²) in [5.41, 5.74) is 0. The Balaban J connectivity index is 0. The summed E-state index contributed by atoms with van der Waals surface area (Å²) in [5, 5.41) is 0. The van der Waals surface area contributed by atoms with Crippen molar-refractivity contribution >= 4 is 26.3 Å². The molecule has 0 radical (unpaired) electrons. The SMILES string of the molecule is CCCCCCCCP.[SeH2]. The van der Waals surface area contributed by atoms with E-state index in [1.807, 2.05) is 0 Å². The van der Waals surface area contributed by atoms with Gasteiger partial charge in [-0.2, -0.15) is 0 Å². The molecule has 64 valence electrons. The molecular weight excluding hydrogens is 206 g/mol. The molecule has 0 rings (SSSR count). The van der Waals surface area contributed by atoms with E-state index in [9.17, 15) is 0 Å².